The van der Waals surface area contributed by atoms with Crippen molar-refractivity contribution in [1.29, 1.82) is 0 Å². The first-order chi connectivity index (χ1) is 16.3. The number of nitrogens with zero attached hydrogens (tertiary/aromatic N) is 1. The molecule has 10 heteroatoms. The van der Waals surface area contributed by atoms with Crippen LogP contribution >= 0.6 is 11.6 Å². The van der Waals surface area contributed by atoms with Gasteiger partial charge in [-0.05, 0) is 55.2 Å². The van der Waals surface area contributed by atoms with Crippen LogP contribution in [-0.4, -0.2) is 55.6 Å². The molecule has 34 heavy (non-hydrogen) atoms. The fraction of sp³-hybridized carbons (Fsp3) is 0.333. The Kier molecular flexibility index (Phi) is 8.48. The predicted octanol–water partition coefficient (Wildman–Crippen LogP) is 3.62. The predicted molar refractivity (Wildman–Crippen MR) is 126 cm³/mol. The molecule has 0 radical (unpaired) electrons. The van der Waals surface area contributed by atoms with E-state index in [1.165, 1.54) is 32.4 Å². The van der Waals surface area contributed by atoms with Gasteiger partial charge in [-0.2, -0.15) is 0 Å². The number of carbonyl (C=O) groups excluding carboxylic acids is 4. The van der Waals surface area contributed by atoms with Crippen LogP contribution in [0.5, 0.6) is 0 Å². The summed E-state index contributed by atoms with van der Waals surface area (Å²) in [7, 11) is 2.42. The molecule has 1 atom stereocenters. The summed E-state index contributed by atoms with van der Waals surface area (Å²) in [6.45, 7) is 1.00. The minimum absolute atomic E-state index is 0.0698. The fourth-order valence-electron chi connectivity index (χ4n) is 3.70. The van der Waals surface area contributed by atoms with Gasteiger partial charge in [0.1, 0.15) is 6.04 Å². The number of benzene rings is 2. The zero-order valence-electron chi connectivity index (χ0n) is 18.9. The SMILES string of the molecule is COC(=O)c1cc(NC(=O)NC2CCCCN(Cc3ccc(Cl)cc3)C2=O)cc(C(=O)OC)c1. The molecule has 1 saturated heterocycles. The monoisotopic (exact) mass is 487 g/mol. The van der Waals surface area contributed by atoms with Crippen LogP contribution in [0, 0.1) is 0 Å². The molecule has 180 valence electrons. The van der Waals surface area contributed by atoms with E-state index in [1.807, 2.05) is 12.1 Å². The summed E-state index contributed by atoms with van der Waals surface area (Å²) in [5.74, 6) is -1.53. The van der Waals surface area contributed by atoms with Gasteiger partial charge in [0.15, 0.2) is 0 Å². The van der Waals surface area contributed by atoms with E-state index >= 15 is 0 Å². The highest BCUT2D eigenvalue weighted by Gasteiger charge is 2.28. The van der Waals surface area contributed by atoms with Crippen molar-refractivity contribution in [2.75, 3.05) is 26.1 Å². The summed E-state index contributed by atoms with van der Waals surface area (Å²) in [5, 5.41) is 5.92. The first-order valence-electron chi connectivity index (χ1n) is 10.7. The third-order valence-corrected chi connectivity index (χ3v) is 5.66. The minimum Gasteiger partial charge on any atom is -0.465 e. The Morgan fingerprint density at radius 1 is 1.00 bits per heavy atom. The molecule has 9 nitrogen and oxygen atoms in total. The van der Waals surface area contributed by atoms with E-state index in [-0.39, 0.29) is 22.7 Å². The third-order valence-electron chi connectivity index (χ3n) is 5.41. The van der Waals surface area contributed by atoms with Crippen LogP contribution in [0.2, 0.25) is 5.02 Å². The number of amides is 3. The molecule has 3 amide bonds. The smallest absolute Gasteiger partial charge is 0.337 e. The molecule has 0 spiro atoms. The van der Waals surface area contributed by atoms with Crippen molar-refractivity contribution in [3.8, 4) is 0 Å². The maximum absolute atomic E-state index is 13.1. The Hall–Kier alpha value is -3.59. The van der Waals surface area contributed by atoms with Crippen LogP contribution in [0.1, 0.15) is 45.5 Å². The summed E-state index contributed by atoms with van der Waals surface area (Å²) >= 11 is 5.94. The van der Waals surface area contributed by atoms with Gasteiger partial charge in [-0.1, -0.05) is 23.7 Å². The molecule has 1 fully saturated rings. The third kappa shape index (κ3) is 6.48. The molecule has 0 saturated carbocycles. The highest BCUT2D eigenvalue weighted by Crippen LogP contribution is 2.19. The van der Waals surface area contributed by atoms with Crippen molar-refractivity contribution < 1.29 is 28.7 Å². The average molecular weight is 488 g/mol. The van der Waals surface area contributed by atoms with E-state index in [0.717, 1.165) is 18.4 Å². The Balaban J connectivity index is 1.71. The van der Waals surface area contributed by atoms with Crippen LogP contribution < -0.4 is 10.6 Å². The molecule has 0 aromatic heterocycles. The summed E-state index contributed by atoms with van der Waals surface area (Å²) in [6, 6.07) is 9.98. The zero-order valence-corrected chi connectivity index (χ0v) is 19.7. The van der Waals surface area contributed by atoms with E-state index in [1.54, 1.807) is 17.0 Å². The van der Waals surface area contributed by atoms with Crippen molar-refractivity contribution >= 4 is 41.2 Å². The summed E-state index contributed by atoms with van der Waals surface area (Å²) in [6.07, 6.45) is 2.10. The molecule has 3 rings (SSSR count). The maximum Gasteiger partial charge on any atom is 0.337 e. The lowest BCUT2D eigenvalue weighted by molar-refractivity contribution is -0.133. The summed E-state index contributed by atoms with van der Waals surface area (Å²) in [4.78, 5) is 51.4. The van der Waals surface area contributed by atoms with Crippen molar-refractivity contribution in [1.82, 2.24) is 10.2 Å². The van der Waals surface area contributed by atoms with Gasteiger partial charge in [-0.3, -0.25) is 4.79 Å². The van der Waals surface area contributed by atoms with E-state index < -0.39 is 24.0 Å². The lowest BCUT2D eigenvalue weighted by Crippen LogP contribution is -2.48. The lowest BCUT2D eigenvalue weighted by atomic mass is 10.1. The molecule has 1 aliphatic heterocycles. The van der Waals surface area contributed by atoms with Gasteiger partial charge in [0.05, 0.1) is 25.3 Å². The normalized spacial score (nSPS) is 15.8. The number of likely N-dealkylation sites (tertiary alicyclic amines) is 1. The van der Waals surface area contributed by atoms with E-state index in [0.29, 0.717) is 24.5 Å². The minimum atomic E-state index is -0.710. The largest absolute Gasteiger partial charge is 0.465 e. The summed E-state index contributed by atoms with van der Waals surface area (Å²) in [5.41, 5.74) is 1.26. The Morgan fingerprint density at radius 2 is 1.62 bits per heavy atom. The number of ether oxygens (including phenoxy) is 2. The highest BCUT2D eigenvalue weighted by molar-refractivity contribution is 6.30. The topological polar surface area (TPSA) is 114 Å². The fourth-order valence-corrected chi connectivity index (χ4v) is 3.83. The molecule has 2 aromatic carbocycles. The molecule has 0 aliphatic carbocycles. The van der Waals surface area contributed by atoms with E-state index in [2.05, 4.69) is 10.6 Å². The van der Waals surface area contributed by atoms with Crippen molar-refractivity contribution in [2.45, 2.75) is 31.8 Å². The second-order valence-electron chi connectivity index (χ2n) is 7.82. The van der Waals surface area contributed by atoms with E-state index in [9.17, 15) is 19.2 Å². The first-order valence-corrected chi connectivity index (χ1v) is 11.1. The van der Waals surface area contributed by atoms with Crippen LogP contribution in [0.4, 0.5) is 10.5 Å². The Morgan fingerprint density at radius 3 is 2.21 bits per heavy atom. The van der Waals surface area contributed by atoms with Crippen molar-refractivity contribution in [2.24, 2.45) is 0 Å². The molecule has 1 unspecified atom stereocenters. The number of nitrogens with one attached hydrogen (secondary N) is 2. The Bertz CT molecular complexity index is 1040. The molecule has 1 aliphatic rings. The van der Waals surface area contributed by atoms with Crippen LogP contribution in [0.15, 0.2) is 42.5 Å². The Labute approximate surface area is 202 Å². The highest BCUT2D eigenvalue weighted by atomic mass is 35.5. The molecule has 2 aromatic rings. The van der Waals surface area contributed by atoms with E-state index in [4.69, 9.17) is 21.1 Å². The van der Waals surface area contributed by atoms with Gasteiger partial charge in [-0.25, -0.2) is 14.4 Å². The molecular formula is C24H26ClN3O6. The second kappa shape index (κ2) is 11.5. The number of anilines is 1. The van der Waals surface area contributed by atoms with Crippen LogP contribution in [0.25, 0.3) is 0 Å². The standard InChI is InChI=1S/C24H26ClN3O6/c1-33-22(30)16-11-17(23(31)34-2)13-19(12-16)26-24(32)27-20-5-3-4-10-28(21(20)29)14-15-6-8-18(25)9-7-15/h6-9,11-13,20H,3-5,10,14H2,1-2H3,(H2,26,27,32). The quantitative estimate of drug-likeness (QED) is 0.601. The molecule has 2 N–H and O–H groups in total. The number of esters is 2. The van der Waals surface area contributed by atoms with Crippen molar-refractivity contribution in [3.05, 3.63) is 64.2 Å². The molecule has 1 heterocycles. The van der Waals surface area contributed by atoms with Gasteiger partial charge < -0.3 is 25.0 Å². The van der Waals surface area contributed by atoms with Gasteiger partial charge in [-0.15, -0.1) is 0 Å². The number of rotatable bonds is 6. The number of hydrogen-bond acceptors (Lipinski definition) is 6. The average Bonchev–Trinajstić information content (AvgIpc) is 3.00. The van der Waals surface area contributed by atoms with Gasteiger partial charge in [0.25, 0.3) is 0 Å². The maximum atomic E-state index is 13.1. The summed E-state index contributed by atoms with van der Waals surface area (Å²) < 4.78 is 9.41. The molecular weight excluding hydrogens is 462 g/mol. The number of halogens is 1. The van der Waals surface area contributed by atoms with Crippen LogP contribution in [-0.2, 0) is 20.8 Å². The van der Waals surface area contributed by atoms with Crippen molar-refractivity contribution in [3.63, 3.8) is 0 Å². The number of hydrogen-bond donors (Lipinski definition) is 2. The first kappa shape index (κ1) is 25.0. The second-order valence-corrected chi connectivity index (χ2v) is 8.25. The number of urea groups is 1. The van der Waals surface area contributed by atoms with Gasteiger partial charge in [0.2, 0.25) is 5.91 Å². The number of carbonyl (C=O) groups is 4. The van der Waals surface area contributed by atoms with Crippen LogP contribution in [0.3, 0.4) is 0 Å². The molecule has 0 bridgehead atoms. The van der Waals surface area contributed by atoms with Gasteiger partial charge in [0, 0.05) is 23.8 Å². The van der Waals surface area contributed by atoms with Gasteiger partial charge >= 0.3 is 18.0 Å². The zero-order chi connectivity index (χ0) is 24.7. The number of methoxy groups -OCH3 is 2. The lowest BCUT2D eigenvalue weighted by Gasteiger charge is -2.25.